The number of carboxylic acid groups (broad SMARTS) is 1. The summed E-state index contributed by atoms with van der Waals surface area (Å²) >= 11 is 0. The number of para-hydroxylation sites is 2. The normalized spacial score (nSPS) is 16.1. The maximum Gasteiger partial charge on any atom is 0.305 e. The molecule has 0 aromatic heterocycles. The second-order valence-corrected chi connectivity index (χ2v) is 6.17. The van der Waals surface area contributed by atoms with Gasteiger partial charge in [-0.2, -0.15) is 0 Å². The van der Waals surface area contributed by atoms with Crippen LogP contribution in [-0.4, -0.2) is 47.0 Å². The number of nitrogens with one attached hydrogen (secondary N) is 1. The van der Waals surface area contributed by atoms with Crippen molar-refractivity contribution in [2.75, 3.05) is 18.4 Å². The molecule has 1 aromatic carbocycles. The molecule has 24 heavy (non-hydrogen) atoms. The van der Waals surface area contributed by atoms with Crippen molar-refractivity contribution in [1.82, 2.24) is 4.90 Å². The lowest BCUT2D eigenvalue weighted by atomic mass is 10.1. The predicted octanol–water partition coefficient (Wildman–Crippen LogP) is 1.74. The Labute approximate surface area is 140 Å². The smallest absolute Gasteiger partial charge is 0.305 e. The molecule has 0 bridgehead atoms. The quantitative estimate of drug-likeness (QED) is 0.792. The molecule has 0 spiro atoms. The van der Waals surface area contributed by atoms with Crippen LogP contribution < -0.4 is 10.1 Å². The first-order valence-corrected chi connectivity index (χ1v) is 7.93. The van der Waals surface area contributed by atoms with Crippen LogP contribution >= 0.6 is 0 Å². The van der Waals surface area contributed by atoms with Crippen molar-refractivity contribution < 1.29 is 24.2 Å². The first kappa shape index (κ1) is 17.8. The van der Waals surface area contributed by atoms with Gasteiger partial charge in [-0.15, -0.1) is 0 Å². The maximum absolute atomic E-state index is 12.5. The molecule has 1 aromatic rings. The van der Waals surface area contributed by atoms with Crippen LogP contribution in [0.25, 0.3) is 0 Å². The van der Waals surface area contributed by atoms with Crippen LogP contribution in [0.15, 0.2) is 24.3 Å². The van der Waals surface area contributed by atoms with Crippen molar-refractivity contribution in [2.45, 2.75) is 32.8 Å². The molecular weight excluding hydrogens is 312 g/mol. The second-order valence-electron chi connectivity index (χ2n) is 6.17. The molecule has 2 amide bonds. The zero-order valence-electron chi connectivity index (χ0n) is 13.8. The van der Waals surface area contributed by atoms with Gasteiger partial charge in [-0.3, -0.25) is 14.4 Å². The van der Waals surface area contributed by atoms with E-state index >= 15 is 0 Å². The number of nitrogens with zero attached hydrogens (tertiary/aromatic N) is 1. The fourth-order valence-electron chi connectivity index (χ4n) is 2.50. The molecule has 1 heterocycles. The van der Waals surface area contributed by atoms with Gasteiger partial charge >= 0.3 is 5.97 Å². The van der Waals surface area contributed by atoms with Crippen LogP contribution in [0.4, 0.5) is 5.69 Å². The third-order valence-corrected chi connectivity index (χ3v) is 3.60. The fourth-order valence-corrected chi connectivity index (χ4v) is 2.50. The Morgan fingerprint density at radius 1 is 1.33 bits per heavy atom. The molecule has 1 aliphatic rings. The van der Waals surface area contributed by atoms with Crippen molar-refractivity contribution in [3.05, 3.63) is 24.3 Å². The van der Waals surface area contributed by atoms with Gasteiger partial charge in [0.2, 0.25) is 5.91 Å². The number of carbonyl (C=O) groups is 3. The Hall–Kier alpha value is -2.57. The van der Waals surface area contributed by atoms with Gasteiger partial charge in [0.25, 0.3) is 5.91 Å². The van der Waals surface area contributed by atoms with E-state index in [0.29, 0.717) is 18.0 Å². The molecule has 1 aliphatic heterocycles. The minimum Gasteiger partial charge on any atom is -0.481 e. The van der Waals surface area contributed by atoms with E-state index in [1.807, 2.05) is 13.8 Å². The Kier molecular flexibility index (Phi) is 5.78. The lowest BCUT2D eigenvalue weighted by molar-refractivity contribution is -0.140. The zero-order valence-corrected chi connectivity index (χ0v) is 13.8. The summed E-state index contributed by atoms with van der Waals surface area (Å²) in [6.45, 7) is 4.45. The van der Waals surface area contributed by atoms with Crippen LogP contribution in [0.3, 0.4) is 0 Å². The minimum atomic E-state index is -0.961. The first-order valence-electron chi connectivity index (χ1n) is 7.93. The molecule has 0 radical (unpaired) electrons. The standard InChI is InChI=1S/C17H22N2O5/c1-11(2)10-19(8-7-16(21)22)15(20)9-14-17(23)18-12-5-3-4-6-13(12)24-14/h3-6,11,14H,7-10H2,1-2H3,(H,18,23)(H,21,22). The largest absolute Gasteiger partial charge is 0.481 e. The van der Waals surface area contributed by atoms with E-state index in [2.05, 4.69) is 5.32 Å². The van der Waals surface area contributed by atoms with Crippen molar-refractivity contribution in [2.24, 2.45) is 5.92 Å². The van der Waals surface area contributed by atoms with Gasteiger partial charge in [-0.1, -0.05) is 26.0 Å². The molecule has 2 rings (SSSR count). The summed E-state index contributed by atoms with van der Waals surface area (Å²) in [4.78, 5) is 36.8. The lowest BCUT2D eigenvalue weighted by Gasteiger charge is -2.29. The molecule has 0 saturated heterocycles. The van der Waals surface area contributed by atoms with Gasteiger partial charge in [0.05, 0.1) is 18.5 Å². The highest BCUT2D eigenvalue weighted by Crippen LogP contribution is 2.29. The van der Waals surface area contributed by atoms with Crippen LogP contribution in [-0.2, 0) is 14.4 Å². The van der Waals surface area contributed by atoms with Crippen LogP contribution in [0, 0.1) is 5.92 Å². The summed E-state index contributed by atoms with van der Waals surface area (Å²) in [6, 6.07) is 7.02. The number of rotatable bonds is 7. The number of benzene rings is 1. The highest BCUT2D eigenvalue weighted by atomic mass is 16.5. The van der Waals surface area contributed by atoms with Gasteiger partial charge < -0.3 is 20.1 Å². The SMILES string of the molecule is CC(C)CN(CCC(=O)O)C(=O)CC1Oc2ccccc2NC1=O. The number of amides is 2. The van der Waals surface area contributed by atoms with E-state index in [9.17, 15) is 14.4 Å². The summed E-state index contributed by atoms with van der Waals surface area (Å²) in [5, 5.41) is 11.5. The molecule has 1 atom stereocenters. The molecule has 0 aliphatic carbocycles. The number of anilines is 1. The first-order chi connectivity index (χ1) is 11.4. The van der Waals surface area contributed by atoms with Gasteiger partial charge in [0, 0.05) is 13.1 Å². The van der Waals surface area contributed by atoms with Gasteiger partial charge in [-0.05, 0) is 18.1 Å². The van der Waals surface area contributed by atoms with E-state index < -0.39 is 12.1 Å². The topological polar surface area (TPSA) is 95.9 Å². The summed E-state index contributed by atoms with van der Waals surface area (Å²) in [7, 11) is 0. The van der Waals surface area contributed by atoms with E-state index in [-0.39, 0.29) is 37.1 Å². The number of carboxylic acids is 1. The van der Waals surface area contributed by atoms with E-state index in [0.717, 1.165) is 0 Å². The van der Waals surface area contributed by atoms with E-state index in [1.165, 1.54) is 4.90 Å². The molecule has 1 unspecified atom stereocenters. The van der Waals surface area contributed by atoms with Gasteiger partial charge in [-0.25, -0.2) is 0 Å². The van der Waals surface area contributed by atoms with Crippen molar-refractivity contribution in [3.63, 3.8) is 0 Å². The number of ether oxygens (including phenoxy) is 1. The van der Waals surface area contributed by atoms with Crippen molar-refractivity contribution in [1.29, 1.82) is 0 Å². The number of hydrogen-bond acceptors (Lipinski definition) is 4. The number of hydrogen-bond donors (Lipinski definition) is 2. The Balaban J connectivity index is 2.03. The number of carbonyl (C=O) groups excluding carboxylic acids is 2. The summed E-state index contributed by atoms with van der Waals surface area (Å²) < 4.78 is 5.62. The average Bonchev–Trinajstić information content (AvgIpc) is 2.51. The number of fused-ring (bicyclic) bond motifs is 1. The van der Waals surface area contributed by atoms with Crippen molar-refractivity contribution >= 4 is 23.5 Å². The second kappa shape index (κ2) is 7.81. The Morgan fingerprint density at radius 3 is 2.71 bits per heavy atom. The van der Waals surface area contributed by atoms with Gasteiger partial charge in [0.15, 0.2) is 6.10 Å². The van der Waals surface area contributed by atoms with Crippen LogP contribution in [0.5, 0.6) is 5.75 Å². The molecular formula is C17H22N2O5. The summed E-state index contributed by atoms with van der Waals surface area (Å²) in [5.74, 6) is -0.896. The predicted molar refractivity (Wildman–Crippen MR) is 87.8 cm³/mol. The zero-order chi connectivity index (χ0) is 17.7. The van der Waals surface area contributed by atoms with Crippen LogP contribution in [0.2, 0.25) is 0 Å². The molecule has 130 valence electrons. The maximum atomic E-state index is 12.5. The monoisotopic (exact) mass is 334 g/mol. The third kappa shape index (κ3) is 4.71. The summed E-state index contributed by atoms with van der Waals surface area (Å²) in [5.41, 5.74) is 0.580. The Morgan fingerprint density at radius 2 is 2.04 bits per heavy atom. The molecule has 2 N–H and O–H groups in total. The molecule has 0 fully saturated rings. The minimum absolute atomic E-state index is 0.119. The summed E-state index contributed by atoms with van der Waals surface area (Å²) in [6.07, 6.45) is -1.15. The van der Waals surface area contributed by atoms with Crippen molar-refractivity contribution in [3.8, 4) is 5.75 Å². The highest BCUT2D eigenvalue weighted by molar-refractivity contribution is 5.99. The lowest BCUT2D eigenvalue weighted by Crippen LogP contribution is -2.43. The van der Waals surface area contributed by atoms with E-state index in [4.69, 9.17) is 9.84 Å². The molecule has 7 nitrogen and oxygen atoms in total. The molecule has 0 saturated carbocycles. The van der Waals surface area contributed by atoms with E-state index in [1.54, 1.807) is 24.3 Å². The molecule has 7 heteroatoms. The van der Waals surface area contributed by atoms with Crippen LogP contribution in [0.1, 0.15) is 26.7 Å². The Bertz CT molecular complexity index is 629. The third-order valence-electron chi connectivity index (χ3n) is 3.60. The highest BCUT2D eigenvalue weighted by Gasteiger charge is 2.31. The average molecular weight is 334 g/mol. The number of aliphatic carboxylic acids is 1. The fraction of sp³-hybridized carbons (Fsp3) is 0.471. The van der Waals surface area contributed by atoms with Gasteiger partial charge in [0.1, 0.15) is 5.75 Å².